The minimum Gasteiger partial charge on any atom is -0.488 e. The van der Waals surface area contributed by atoms with Crippen molar-refractivity contribution in [2.75, 3.05) is 0 Å². The fourth-order valence-corrected chi connectivity index (χ4v) is 1.85. The molecule has 18 heavy (non-hydrogen) atoms. The van der Waals surface area contributed by atoms with Crippen molar-refractivity contribution in [1.82, 2.24) is 4.98 Å². The van der Waals surface area contributed by atoms with Gasteiger partial charge in [0, 0.05) is 17.5 Å². The molecule has 1 heterocycles. The summed E-state index contributed by atoms with van der Waals surface area (Å²) in [6, 6.07) is 12.2. The van der Waals surface area contributed by atoms with Crippen molar-refractivity contribution in [3.63, 3.8) is 0 Å². The standard InChI is InChI=1S/C16H19NO/c1-12-15(6-5-11-17-12)13-7-9-14(10-8-13)18-16(2,3)4/h5-11H,1-4H3. The zero-order valence-electron chi connectivity index (χ0n) is 11.4. The van der Waals surface area contributed by atoms with Crippen molar-refractivity contribution in [2.45, 2.75) is 33.3 Å². The third kappa shape index (κ3) is 3.10. The number of hydrogen-bond donors (Lipinski definition) is 0. The van der Waals surface area contributed by atoms with Crippen molar-refractivity contribution >= 4 is 0 Å². The second-order valence-corrected chi connectivity index (χ2v) is 5.38. The predicted octanol–water partition coefficient (Wildman–Crippen LogP) is 4.23. The molecule has 94 valence electrons. The highest BCUT2D eigenvalue weighted by Crippen LogP contribution is 2.25. The highest BCUT2D eigenvalue weighted by molar-refractivity contribution is 5.66. The van der Waals surface area contributed by atoms with Crippen molar-refractivity contribution in [2.24, 2.45) is 0 Å². The third-order valence-electron chi connectivity index (χ3n) is 2.60. The van der Waals surface area contributed by atoms with E-state index in [-0.39, 0.29) is 5.60 Å². The molecule has 2 rings (SSSR count). The molecule has 0 aliphatic heterocycles. The second kappa shape index (κ2) is 4.81. The molecule has 0 bridgehead atoms. The minimum absolute atomic E-state index is 0.161. The van der Waals surface area contributed by atoms with E-state index in [0.29, 0.717) is 0 Å². The molecule has 0 unspecified atom stereocenters. The lowest BCUT2D eigenvalue weighted by Gasteiger charge is -2.21. The zero-order valence-corrected chi connectivity index (χ0v) is 11.4. The first-order valence-corrected chi connectivity index (χ1v) is 6.17. The number of rotatable bonds is 2. The number of ether oxygens (including phenoxy) is 1. The van der Waals surface area contributed by atoms with E-state index in [4.69, 9.17) is 4.74 Å². The summed E-state index contributed by atoms with van der Waals surface area (Å²) >= 11 is 0. The first-order chi connectivity index (χ1) is 8.46. The fourth-order valence-electron chi connectivity index (χ4n) is 1.85. The molecule has 1 aromatic heterocycles. The van der Waals surface area contributed by atoms with Gasteiger partial charge in [0.05, 0.1) is 0 Å². The summed E-state index contributed by atoms with van der Waals surface area (Å²) in [4.78, 5) is 4.31. The Morgan fingerprint density at radius 1 is 1.00 bits per heavy atom. The van der Waals surface area contributed by atoms with Gasteiger partial charge in [-0.05, 0) is 51.5 Å². The Hall–Kier alpha value is -1.83. The topological polar surface area (TPSA) is 22.1 Å². The molecular weight excluding hydrogens is 222 g/mol. The average molecular weight is 241 g/mol. The number of benzene rings is 1. The van der Waals surface area contributed by atoms with Gasteiger partial charge in [-0.2, -0.15) is 0 Å². The van der Waals surface area contributed by atoms with E-state index in [1.54, 1.807) is 0 Å². The molecule has 0 spiro atoms. The first kappa shape index (κ1) is 12.6. The van der Waals surface area contributed by atoms with Gasteiger partial charge in [-0.3, -0.25) is 4.98 Å². The van der Waals surface area contributed by atoms with Crippen molar-refractivity contribution in [3.8, 4) is 16.9 Å². The highest BCUT2D eigenvalue weighted by atomic mass is 16.5. The molecule has 0 aliphatic rings. The summed E-state index contributed by atoms with van der Waals surface area (Å²) in [5.41, 5.74) is 3.22. The number of nitrogens with zero attached hydrogens (tertiary/aromatic N) is 1. The lowest BCUT2D eigenvalue weighted by atomic mass is 10.0. The third-order valence-corrected chi connectivity index (χ3v) is 2.60. The van der Waals surface area contributed by atoms with E-state index in [9.17, 15) is 0 Å². The molecule has 2 heteroatoms. The Labute approximate surface area is 109 Å². The van der Waals surface area contributed by atoms with E-state index in [2.05, 4.69) is 23.2 Å². The molecule has 0 saturated carbocycles. The van der Waals surface area contributed by atoms with Gasteiger partial charge < -0.3 is 4.74 Å². The Bertz CT molecular complexity index is 524. The average Bonchev–Trinajstić information content (AvgIpc) is 2.29. The molecular formula is C16H19NO. The molecule has 0 amide bonds. The van der Waals surface area contributed by atoms with Crippen molar-refractivity contribution in [3.05, 3.63) is 48.3 Å². The molecule has 0 atom stereocenters. The van der Waals surface area contributed by atoms with Gasteiger partial charge >= 0.3 is 0 Å². The molecule has 0 radical (unpaired) electrons. The van der Waals surface area contributed by atoms with E-state index >= 15 is 0 Å². The van der Waals surface area contributed by atoms with Gasteiger partial charge in [0.25, 0.3) is 0 Å². The number of aryl methyl sites for hydroxylation is 1. The summed E-state index contributed by atoms with van der Waals surface area (Å²) < 4.78 is 5.81. The highest BCUT2D eigenvalue weighted by Gasteiger charge is 2.11. The summed E-state index contributed by atoms with van der Waals surface area (Å²) in [7, 11) is 0. The van der Waals surface area contributed by atoms with Crippen LogP contribution in [-0.4, -0.2) is 10.6 Å². The summed E-state index contributed by atoms with van der Waals surface area (Å²) in [5.74, 6) is 0.896. The van der Waals surface area contributed by atoms with Crippen LogP contribution in [0, 0.1) is 6.92 Å². The van der Waals surface area contributed by atoms with Gasteiger partial charge in [-0.15, -0.1) is 0 Å². The monoisotopic (exact) mass is 241 g/mol. The van der Waals surface area contributed by atoms with Crippen molar-refractivity contribution < 1.29 is 4.74 Å². The van der Waals surface area contributed by atoms with Gasteiger partial charge in [-0.25, -0.2) is 0 Å². The predicted molar refractivity (Wildman–Crippen MR) is 74.8 cm³/mol. The largest absolute Gasteiger partial charge is 0.488 e. The van der Waals surface area contributed by atoms with Crippen LogP contribution < -0.4 is 4.74 Å². The fraction of sp³-hybridized carbons (Fsp3) is 0.312. The maximum absolute atomic E-state index is 5.81. The summed E-state index contributed by atoms with van der Waals surface area (Å²) in [6.07, 6.45) is 1.82. The minimum atomic E-state index is -0.161. The maximum Gasteiger partial charge on any atom is 0.120 e. The zero-order chi connectivity index (χ0) is 13.2. The Kier molecular flexibility index (Phi) is 3.37. The molecule has 0 N–H and O–H groups in total. The second-order valence-electron chi connectivity index (χ2n) is 5.38. The van der Waals surface area contributed by atoms with E-state index in [1.165, 1.54) is 11.1 Å². The van der Waals surface area contributed by atoms with Crippen LogP contribution in [0.2, 0.25) is 0 Å². The number of hydrogen-bond acceptors (Lipinski definition) is 2. The number of aromatic nitrogens is 1. The summed E-state index contributed by atoms with van der Waals surface area (Å²) in [6.45, 7) is 8.17. The molecule has 0 saturated heterocycles. The molecule has 1 aromatic carbocycles. The number of pyridine rings is 1. The van der Waals surface area contributed by atoms with Crippen LogP contribution in [0.25, 0.3) is 11.1 Å². The van der Waals surface area contributed by atoms with Crippen LogP contribution in [0.3, 0.4) is 0 Å². The van der Waals surface area contributed by atoms with Crippen LogP contribution in [-0.2, 0) is 0 Å². The van der Waals surface area contributed by atoms with Crippen LogP contribution in [0.4, 0.5) is 0 Å². The lowest BCUT2D eigenvalue weighted by Crippen LogP contribution is -2.22. The van der Waals surface area contributed by atoms with Gasteiger partial charge in [0.2, 0.25) is 0 Å². The van der Waals surface area contributed by atoms with E-state index in [1.807, 2.05) is 52.1 Å². The van der Waals surface area contributed by atoms with Crippen LogP contribution in [0.1, 0.15) is 26.5 Å². The first-order valence-electron chi connectivity index (χ1n) is 6.17. The van der Waals surface area contributed by atoms with Gasteiger partial charge in [-0.1, -0.05) is 18.2 Å². The smallest absolute Gasteiger partial charge is 0.120 e. The van der Waals surface area contributed by atoms with Crippen molar-refractivity contribution in [1.29, 1.82) is 0 Å². The SMILES string of the molecule is Cc1ncccc1-c1ccc(OC(C)(C)C)cc1. The molecule has 0 fully saturated rings. The Morgan fingerprint density at radius 2 is 1.67 bits per heavy atom. The summed E-state index contributed by atoms with van der Waals surface area (Å²) in [5, 5.41) is 0. The van der Waals surface area contributed by atoms with E-state index < -0.39 is 0 Å². The van der Waals surface area contributed by atoms with E-state index in [0.717, 1.165) is 11.4 Å². The van der Waals surface area contributed by atoms with Gasteiger partial charge in [0.15, 0.2) is 0 Å². The molecule has 0 aliphatic carbocycles. The molecule has 2 nitrogen and oxygen atoms in total. The van der Waals surface area contributed by atoms with Gasteiger partial charge in [0.1, 0.15) is 11.4 Å². The molecule has 2 aromatic rings. The Morgan fingerprint density at radius 3 is 2.22 bits per heavy atom. The Balaban J connectivity index is 2.26. The maximum atomic E-state index is 5.81. The quantitative estimate of drug-likeness (QED) is 0.784. The van der Waals surface area contributed by atoms with Crippen LogP contribution in [0.5, 0.6) is 5.75 Å². The lowest BCUT2D eigenvalue weighted by molar-refractivity contribution is 0.131. The van der Waals surface area contributed by atoms with Crippen LogP contribution in [0.15, 0.2) is 42.6 Å². The van der Waals surface area contributed by atoms with Crippen LogP contribution >= 0.6 is 0 Å². The normalized spacial score (nSPS) is 11.3.